The summed E-state index contributed by atoms with van der Waals surface area (Å²) in [6.07, 6.45) is 0. The van der Waals surface area contributed by atoms with E-state index in [0.29, 0.717) is 10.8 Å². The smallest absolute Gasteiger partial charge is 0.335 e. The number of hydrogen-bond acceptors (Lipinski definition) is 2. The number of thiocarbonyl (C=S) groups is 1. The molecule has 0 aromatic heterocycles. The van der Waals surface area contributed by atoms with Crippen LogP contribution in [0.25, 0.3) is 0 Å². The van der Waals surface area contributed by atoms with Gasteiger partial charge in [-0.05, 0) is 57.6 Å². The molecule has 0 aliphatic rings. The van der Waals surface area contributed by atoms with Crippen LogP contribution >= 0.6 is 12.2 Å². The van der Waals surface area contributed by atoms with Crippen LogP contribution in [-0.4, -0.2) is 21.7 Å². The van der Waals surface area contributed by atoms with Gasteiger partial charge >= 0.3 is 5.97 Å². The average molecular weight is 266 g/mol. The van der Waals surface area contributed by atoms with E-state index in [4.69, 9.17) is 17.3 Å². The number of aryl methyl sites for hydroxylation is 1. The zero-order valence-electron chi connectivity index (χ0n) is 11.0. The van der Waals surface area contributed by atoms with E-state index in [-0.39, 0.29) is 11.1 Å². The minimum absolute atomic E-state index is 0.137. The molecule has 3 N–H and O–H groups in total. The van der Waals surface area contributed by atoms with Crippen LogP contribution in [0.15, 0.2) is 18.2 Å². The fourth-order valence-electron chi connectivity index (χ4n) is 1.38. The first-order valence-corrected chi connectivity index (χ1v) is 6.03. The normalized spacial score (nSPS) is 10.9. The molecule has 0 heterocycles. The predicted molar refractivity (Wildman–Crippen MR) is 77.2 cm³/mol. The molecule has 0 aliphatic heterocycles. The van der Waals surface area contributed by atoms with Crippen molar-refractivity contribution in [1.82, 2.24) is 5.32 Å². The first-order chi connectivity index (χ1) is 8.19. The number of rotatable bonds is 2. The molecule has 0 saturated heterocycles. The molecule has 1 rings (SSSR count). The fourth-order valence-corrected chi connectivity index (χ4v) is 1.80. The van der Waals surface area contributed by atoms with Crippen LogP contribution in [-0.2, 0) is 0 Å². The van der Waals surface area contributed by atoms with E-state index < -0.39 is 5.97 Å². The molecule has 5 heteroatoms. The second kappa shape index (κ2) is 5.35. The highest BCUT2D eigenvalue weighted by Crippen LogP contribution is 2.17. The van der Waals surface area contributed by atoms with Crippen LogP contribution in [0.3, 0.4) is 0 Å². The summed E-state index contributed by atoms with van der Waals surface area (Å²) < 4.78 is 0. The number of carbonyl (C=O) groups is 1. The largest absolute Gasteiger partial charge is 0.478 e. The van der Waals surface area contributed by atoms with Gasteiger partial charge in [-0.1, -0.05) is 6.07 Å². The maximum Gasteiger partial charge on any atom is 0.335 e. The van der Waals surface area contributed by atoms with E-state index in [1.165, 1.54) is 0 Å². The average Bonchev–Trinajstić information content (AvgIpc) is 2.18. The molecule has 0 saturated carbocycles. The van der Waals surface area contributed by atoms with Crippen LogP contribution in [0.5, 0.6) is 0 Å². The summed E-state index contributed by atoms with van der Waals surface area (Å²) in [7, 11) is 0. The molecular weight excluding hydrogens is 248 g/mol. The Kier molecular flexibility index (Phi) is 4.29. The van der Waals surface area contributed by atoms with Crippen molar-refractivity contribution in [2.24, 2.45) is 0 Å². The molecular formula is C13H18N2O2S. The summed E-state index contributed by atoms with van der Waals surface area (Å²) >= 11 is 5.18. The Balaban J connectivity index is 2.87. The van der Waals surface area contributed by atoms with Crippen LogP contribution < -0.4 is 10.6 Å². The third kappa shape index (κ3) is 4.33. The van der Waals surface area contributed by atoms with E-state index >= 15 is 0 Å². The third-order valence-corrected chi connectivity index (χ3v) is 2.43. The van der Waals surface area contributed by atoms with Crippen molar-refractivity contribution in [3.63, 3.8) is 0 Å². The van der Waals surface area contributed by atoms with Gasteiger partial charge < -0.3 is 15.7 Å². The molecule has 4 nitrogen and oxygen atoms in total. The maximum atomic E-state index is 10.9. The minimum atomic E-state index is -0.951. The lowest BCUT2D eigenvalue weighted by Crippen LogP contribution is -2.43. The summed E-state index contributed by atoms with van der Waals surface area (Å²) in [4.78, 5) is 10.9. The van der Waals surface area contributed by atoms with Crippen LogP contribution in [0.2, 0.25) is 0 Å². The predicted octanol–water partition coefficient (Wildman–Crippen LogP) is 2.78. The van der Waals surface area contributed by atoms with Crippen molar-refractivity contribution in [3.8, 4) is 0 Å². The number of aromatic carboxylic acids is 1. The van der Waals surface area contributed by atoms with E-state index in [9.17, 15) is 4.79 Å². The monoisotopic (exact) mass is 266 g/mol. The lowest BCUT2D eigenvalue weighted by atomic mass is 10.1. The zero-order valence-corrected chi connectivity index (χ0v) is 11.8. The van der Waals surface area contributed by atoms with Gasteiger partial charge in [-0.15, -0.1) is 0 Å². The number of carboxylic acids is 1. The molecule has 0 bridgehead atoms. The lowest BCUT2D eigenvalue weighted by Gasteiger charge is -2.23. The highest BCUT2D eigenvalue weighted by molar-refractivity contribution is 7.80. The first-order valence-electron chi connectivity index (χ1n) is 5.62. The lowest BCUT2D eigenvalue weighted by molar-refractivity contribution is 0.0697. The molecule has 0 aliphatic carbocycles. The Morgan fingerprint density at radius 2 is 1.94 bits per heavy atom. The first kappa shape index (κ1) is 14.4. The van der Waals surface area contributed by atoms with E-state index in [1.807, 2.05) is 27.7 Å². The summed E-state index contributed by atoms with van der Waals surface area (Å²) in [5, 5.41) is 15.6. The Morgan fingerprint density at radius 3 is 2.44 bits per heavy atom. The van der Waals surface area contributed by atoms with Gasteiger partial charge in [0, 0.05) is 11.2 Å². The second-order valence-electron chi connectivity index (χ2n) is 5.16. The molecule has 0 amide bonds. The van der Waals surface area contributed by atoms with Gasteiger partial charge in [0.15, 0.2) is 5.11 Å². The van der Waals surface area contributed by atoms with Crippen molar-refractivity contribution in [2.75, 3.05) is 5.32 Å². The number of carboxylic acid groups (broad SMARTS) is 1. The standard InChI is InChI=1S/C13H18N2O2S/c1-8-5-6-9(11(16)17)7-10(8)14-12(18)15-13(2,3)4/h5-7H,1-4H3,(H,16,17)(H2,14,15,18). The Hall–Kier alpha value is -1.62. The molecule has 18 heavy (non-hydrogen) atoms. The molecule has 0 radical (unpaired) electrons. The third-order valence-electron chi connectivity index (χ3n) is 2.22. The Bertz CT molecular complexity index is 478. The topological polar surface area (TPSA) is 61.4 Å². The molecule has 0 fully saturated rings. The molecule has 1 aromatic rings. The summed E-state index contributed by atoms with van der Waals surface area (Å²) in [5.74, 6) is -0.951. The highest BCUT2D eigenvalue weighted by atomic mass is 32.1. The molecule has 98 valence electrons. The molecule has 0 unspecified atom stereocenters. The van der Waals surface area contributed by atoms with Crippen molar-refractivity contribution in [1.29, 1.82) is 0 Å². The van der Waals surface area contributed by atoms with Crippen molar-refractivity contribution in [3.05, 3.63) is 29.3 Å². The summed E-state index contributed by atoms with van der Waals surface area (Å²) in [6, 6.07) is 4.91. The van der Waals surface area contributed by atoms with Crippen molar-refractivity contribution < 1.29 is 9.90 Å². The van der Waals surface area contributed by atoms with Crippen LogP contribution in [0.4, 0.5) is 5.69 Å². The minimum Gasteiger partial charge on any atom is -0.478 e. The van der Waals surface area contributed by atoms with E-state index in [2.05, 4.69) is 10.6 Å². The van der Waals surface area contributed by atoms with Crippen molar-refractivity contribution in [2.45, 2.75) is 33.2 Å². The van der Waals surface area contributed by atoms with Crippen LogP contribution in [0, 0.1) is 6.92 Å². The highest BCUT2D eigenvalue weighted by Gasteiger charge is 2.12. The quantitative estimate of drug-likeness (QED) is 0.719. The molecule has 0 atom stereocenters. The van der Waals surface area contributed by atoms with Gasteiger partial charge in [-0.25, -0.2) is 4.79 Å². The zero-order chi connectivity index (χ0) is 13.9. The number of nitrogens with one attached hydrogen (secondary N) is 2. The number of hydrogen-bond donors (Lipinski definition) is 3. The number of anilines is 1. The van der Waals surface area contributed by atoms with Gasteiger partial charge in [0.1, 0.15) is 0 Å². The van der Waals surface area contributed by atoms with Gasteiger partial charge in [0.05, 0.1) is 5.56 Å². The summed E-state index contributed by atoms with van der Waals surface area (Å²) in [5.41, 5.74) is 1.75. The SMILES string of the molecule is Cc1ccc(C(=O)O)cc1NC(=S)NC(C)(C)C. The van der Waals surface area contributed by atoms with Crippen LogP contribution in [0.1, 0.15) is 36.7 Å². The molecule has 0 spiro atoms. The van der Waals surface area contributed by atoms with E-state index in [0.717, 1.165) is 5.56 Å². The molecule has 1 aromatic carbocycles. The van der Waals surface area contributed by atoms with Gasteiger partial charge in [0.25, 0.3) is 0 Å². The van der Waals surface area contributed by atoms with Crippen molar-refractivity contribution >= 4 is 29.0 Å². The van der Waals surface area contributed by atoms with E-state index in [1.54, 1.807) is 18.2 Å². The number of benzene rings is 1. The van der Waals surface area contributed by atoms with Gasteiger partial charge in [-0.3, -0.25) is 0 Å². The van der Waals surface area contributed by atoms with Gasteiger partial charge in [0.2, 0.25) is 0 Å². The van der Waals surface area contributed by atoms with Gasteiger partial charge in [-0.2, -0.15) is 0 Å². The Labute approximate surface area is 112 Å². The fraction of sp³-hybridized carbons (Fsp3) is 0.385. The Morgan fingerprint density at radius 1 is 1.33 bits per heavy atom. The maximum absolute atomic E-state index is 10.9. The summed E-state index contributed by atoms with van der Waals surface area (Å²) in [6.45, 7) is 7.90. The second-order valence-corrected chi connectivity index (χ2v) is 5.57.